The lowest BCUT2D eigenvalue weighted by atomic mass is 10.1. The summed E-state index contributed by atoms with van der Waals surface area (Å²) in [6, 6.07) is 7.15. The Morgan fingerprint density at radius 2 is 1.76 bits per heavy atom. The van der Waals surface area contributed by atoms with Gasteiger partial charge in [0.25, 0.3) is 11.8 Å². The molecule has 1 unspecified atom stereocenters. The molecule has 180 valence electrons. The van der Waals surface area contributed by atoms with Crippen LogP contribution in [0.4, 0.5) is 27.6 Å². The minimum atomic E-state index is -4.96. The van der Waals surface area contributed by atoms with E-state index in [1.165, 1.54) is 24.3 Å². The second kappa shape index (κ2) is 8.97. The first-order valence-corrected chi connectivity index (χ1v) is 11.4. The van der Waals surface area contributed by atoms with Crippen molar-refractivity contribution in [3.8, 4) is 11.6 Å². The van der Waals surface area contributed by atoms with E-state index < -0.39 is 67.5 Å². The van der Waals surface area contributed by atoms with Crippen LogP contribution in [0.1, 0.15) is 27.2 Å². The molecule has 13 heteroatoms. The Bertz CT molecular complexity index is 1390. The molecule has 3 aromatic rings. The number of nitrogens with zero attached hydrogens (tertiary/aromatic N) is 2. The predicted molar refractivity (Wildman–Crippen MR) is 112 cm³/mol. The summed E-state index contributed by atoms with van der Waals surface area (Å²) in [6.45, 7) is 2.09. The Morgan fingerprint density at radius 1 is 1.09 bits per heavy atom. The highest BCUT2D eigenvalue weighted by Gasteiger charge is 2.38. The summed E-state index contributed by atoms with van der Waals surface area (Å²) in [6.07, 6.45) is -3.80. The SMILES string of the molecule is Cc1c(F)ccc(Oc2nnc(C(F)(F)F)c(C)c2C(=O)Nc2cccc(S(C)(=N)=O)c2)c1F. The number of hydrogen-bond acceptors (Lipinski definition) is 6. The highest BCUT2D eigenvalue weighted by molar-refractivity contribution is 7.91. The number of hydrogen-bond donors (Lipinski definition) is 2. The molecule has 0 aliphatic rings. The van der Waals surface area contributed by atoms with Crippen LogP contribution in [0.3, 0.4) is 0 Å². The van der Waals surface area contributed by atoms with Gasteiger partial charge in [0.05, 0.1) is 9.73 Å². The smallest absolute Gasteiger partial charge is 0.434 e. The van der Waals surface area contributed by atoms with Gasteiger partial charge in [0.2, 0.25) is 0 Å². The number of anilines is 1. The van der Waals surface area contributed by atoms with Crippen LogP contribution in [0, 0.1) is 30.3 Å². The van der Waals surface area contributed by atoms with Crippen molar-refractivity contribution in [2.45, 2.75) is 24.9 Å². The fourth-order valence-corrected chi connectivity index (χ4v) is 3.63. The number of benzene rings is 2. The maximum Gasteiger partial charge on any atom is 0.435 e. The monoisotopic (exact) mass is 500 g/mol. The summed E-state index contributed by atoms with van der Waals surface area (Å²) >= 11 is 0. The second-order valence-electron chi connectivity index (χ2n) is 7.26. The van der Waals surface area contributed by atoms with Gasteiger partial charge in [-0.1, -0.05) is 6.07 Å². The number of carbonyl (C=O) groups excluding carboxylic acids is 1. The van der Waals surface area contributed by atoms with Crippen LogP contribution >= 0.6 is 0 Å². The van der Waals surface area contributed by atoms with Crippen molar-refractivity contribution < 1.29 is 35.7 Å². The fraction of sp³-hybridized carbons (Fsp3) is 0.190. The summed E-state index contributed by atoms with van der Waals surface area (Å²) in [5, 5.41) is 8.73. The molecule has 1 aromatic heterocycles. The van der Waals surface area contributed by atoms with Crippen LogP contribution in [-0.4, -0.2) is 26.6 Å². The number of aromatic nitrogens is 2. The molecule has 34 heavy (non-hydrogen) atoms. The Morgan fingerprint density at radius 3 is 2.38 bits per heavy atom. The van der Waals surface area contributed by atoms with Crippen LogP contribution in [0.2, 0.25) is 0 Å². The first kappa shape index (κ1) is 25.0. The van der Waals surface area contributed by atoms with Gasteiger partial charge >= 0.3 is 6.18 Å². The third kappa shape index (κ3) is 5.14. The van der Waals surface area contributed by atoms with Gasteiger partial charge in [-0.2, -0.15) is 13.2 Å². The third-order valence-corrected chi connectivity index (χ3v) is 5.87. The lowest BCUT2D eigenvalue weighted by Crippen LogP contribution is -2.21. The Kier molecular flexibility index (Phi) is 6.60. The van der Waals surface area contributed by atoms with Gasteiger partial charge in [0, 0.05) is 22.4 Å². The molecule has 1 amide bonds. The second-order valence-corrected chi connectivity index (χ2v) is 9.42. The van der Waals surface area contributed by atoms with E-state index in [9.17, 15) is 31.0 Å². The summed E-state index contributed by atoms with van der Waals surface area (Å²) in [5.41, 5.74) is -3.18. The largest absolute Gasteiger partial charge is 0.435 e. The normalized spacial score (nSPS) is 13.3. The minimum Gasteiger partial charge on any atom is -0.434 e. The molecule has 0 saturated heterocycles. The molecule has 0 aliphatic heterocycles. The van der Waals surface area contributed by atoms with E-state index in [-0.39, 0.29) is 10.6 Å². The van der Waals surface area contributed by atoms with Crippen molar-refractivity contribution in [3.63, 3.8) is 0 Å². The number of rotatable bonds is 5. The van der Waals surface area contributed by atoms with E-state index in [0.717, 1.165) is 32.2 Å². The van der Waals surface area contributed by atoms with E-state index in [2.05, 4.69) is 15.5 Å². The predicted octanol–water partition coefficient (Wildman–Crippen LogP) is 5.47. The summed E-state index contributed by atoms with van der Waals surface area (Å²) < 4.78 is 93.0. The first-order chi connectivity index (χ1) is 15.7. The molecular formula is C21H17F5N4O3S. The third-order valence-electron chi connectivity index (χ3n) is 4.71. The molecule has 2 N–H and O–H groups in total. The molecule has 1 heterocycles. The number of carbonyl (C=O) groups is 1. The number of alkyl halides is 3. The van der Waals surface area contributed by atoms with Crippen LogP contribution < -0.4 is 10.1 Å². The van der Waals surface area contributed by atoms with Crippen molar-refractivity contribution in [3.05, 3.63) is 70.4 Å². The highest BCUT2D eigenvalue weighted by atomic mass is 32.2. The Labute approximate surface area is 190 Å². The maximum absolute atomic E-state index is 14.4. The molecule has 7 nitrogen and oxygen atoms in total. The van der Waals surface area contributed by atoms with Crippen LogP contribution in [-0.2, 0) is 15.9 Å². The number of halogens is 5. The molecule has 3 rings (SSSR count). The van der Waals surface area contributed by atoms with Gasteiger partial charge in [0.15, 0.2) is 17.3 Å². The first-order valence-electron chi connectivity index (χ1n) is 9.42. The topological polar surface area (TPSA) is 105 Å². The average molecular weight is 500 g/mol. The quantitative estimate of drug-likeness (QED) is 0.452. The van der Waals surface area contributed by atoms with Gasteiger partial charge in [-0.3, -0.25) is 4.79 Å². The molecule has 0 saturated carbocycles. The molecule has 0 radical (unpaired) electrons. The molecule has 2 aromatic carbocycles. The number of nitrogens with one attached hydrogen (secondary N) is 2. The maximum atomic E-state index is 14.4. The van der Waals surface area contributed by atoms with Crippen LogP contribution in [0.15, 0.2) is 41.3 Å². The molecule has 1 atom stereocenters. The Balaban J connectivity index is 2.10. The fourth-order valence-electron chi connectivity index (χ4n) is 2.94. The summed E-state index contributed by atoms with van der Waals surface area (Å²) in [4.78, 5) is 13.1. The molecule has 0 fully saturated rings. The van der Waals surface area contributed by atoms with Crippen molar-refractivity contribution >= 4 is 21.3 Å². The van der Waals surface area contributed by atoms with Crippen molar-refractivity contribution in [1.29, 1.82) is 4.78 Å². The van der Waals surface area contributed by atoms with Gasteiger partial charge in [-0.25, -0.2) is 17.8 Å². The molecular weight excluding hydrogens is 483 g/mol. The lowest BCUT2D eigenvalue weighted by Gasteiger charge is -2.16. The van der Waals surface area contributed by atoms with Gasteiger partial charge in [0.1, 0.15) is 11.4 Å². The average Bonchev–Trinajstić information content (AvgIpc) is 2.73. The van der Waals surface area contributed by atoms with Crippen molar-refractivity contribution in [2.24, 2.45) is 0 Å². The zero-order chi connectivity index (χ0) is 25.4. The van der Waals surface area contributed by atoms with Crippen LogP contribution in [0.25, 0.3) is 0 Å². The van der Waals surface area contributed by atoms with Gasteiger partial charge in [-0.15, -0.1) is 10.2 Å². The molecule has 0 spiro atoms. The molecule has 0 bridgehead atoms. The van der Waals surface area contributed by atoms with Crippen molar-refractivity contribution in [1.82, 2.24) is 10.2 Å². The number of amides is 1. The highest BCUT2D eigenvalue weighted by Crippen LogP contribution is 2.36. The summed E-state index contributed by atoms with van der Waals surface area (Å²) in [7, 11) is -3.14. The van der Waals surface area contributed by atoms with E-state index >= 15 is 0 Å². The van der Waals surface area contributed by atoms with E-state index in [0.29, 0.717) is 0 Å². The minimum absolute atomic E-state index is 0.0313. The molecule has 0 aliphatic carbocycles. The zero-order valence-corrected chi connectivity index (χ0v) is 18.7. The number of ether oxygens (including phenoxy) is 1. The van der Waals surface area contributed by atoms with Crippen molar-refractivity contribution in [2.75, 3.05) is 11.6 Å². The van der Waals surface area contributed by atoms with Gasteiger partial charge < -0.3 is 10.1 Å². The van der Waals surface area contributed by atoms with E-state index in [4.69, 9.17) is 9.52 Å². The van der Waals surface area contributed by atoms with Gasteiger partial charge in [-0.05, 0) is 49.7 Å². The van der Waals surface area contributed by atoms with E-state index in [1.54, 1.807) is 0 Å². The lowest BCUT2D eigenvalue weighted by molar-refractivity contribution is -0.142. The van der Waals surface area contributed by atoms with Crippen LogP contribution in [0.5, 0.6) is 11.6 Å². The van der Waals surface area contributed by atoms with E-state index in [1.807, 2.05) is 0 Å². The standard InChI is InChI=1S/C21H17F5N4O3S/c1-10-14(22)7-8-15(17(10)23)33-20-16(11(2)18(29-30-20)21(24,25)26)19(31)28-12-5-4-6-13(9-12)34(3,27)32/h4-9,27H,1-3H3,(H,28,31). The summed E-state index contributed by atoms with van der Waals surface area (Å²) in [5.74, 6) is -4.45. The Hall–Kier alpha value is -3.61. The zero-order valence-electron chi connectivity index (χ0n) is 17.9.